The van der Waals surface area contributed by atoms with Crippen molar-refractivity contribution < 1.29 is 9.18 Å². The largest absolute Gasteiger partial charge is 0.389 e. The Hall–Kier alpha value is -1.98. The maximum absolute atomic E-state index is 13.5. The molecule has 0 unspecified atom stereocenters. The molecule has 0 bridgehead atoms. The molecule has 108 valence electrons. The molecule has 0 fully saturated rings. The van der Waals surface area contributed by atoms with E-state index in [4.69, 9.17) is 29.6 Å². The zero-order chi connectivity index (χ0) is 15.6. The number of nitrogens with one attached hydrogen (secondary N) is 1. The van der Waals surface area contributed by atoms with Crippen LogP contribution in [0.1, 0.15) is 21.5 Å². The van der Waals surface area contributed by atoms with E-state index in [1.54, 1.807) is 18.2 Å². The number of hydrogen-bond donors (Lipinski definition) is 2. The molecule has 0 aliphatic carbocycles. The highest BCUT2D eigenvalue weighted by molar-refractivity contribution is 7.80. The first-order chi connectivity index (χ1) is 9.88. The summed E-state index contributed by atoms with van der Waals surface area (Å²) in [5.41, 5.74) is 7.19. The standard InChI is InChI=1S/C15H12ClFN2OS/c1-8-6-9(2-4-12(8)16)15(20)19-10-3-5-13(17)11(7-10)14(18)21/h2-7H,1H3,(H2,18,21)(H,19,20). The zero-order valence-electron chi connectivity index (χ0n) is 11.1. The molecule has 3 N–H and O–H groups in total. The zero-order valence-corrected chi connectivity index (χ0v) is 12.7. The second kappa shape index (κ2) is 6.20. The van der Waals surface area contributed by atoms with E-state index >= 15 is 0 Å². The third kappa shape index (κ3) is 3.56. The molecule has 0 heterocycles. The minimum atomic E-state index is -0.525. The molecular weight excluding hydrogens is 311 g/mol. The van der Waals surface area contributed by atoms with Crippen LogP contribution in [0.15, 0.2) is 36.4 Å². The fraction of sp³-hybridized carbons (Fsp3) is 0.0667. The highest BCUT2D eigenvalue weighted by atomic mass is 35.5. The second-order valence-corrected chi connectivity index (χ2v) is 5.32. The molecule has 1 amide bonds. The lowest BCUT2D eigenvalue weighted by Gasteiger charge is -2.09. The normalized spacial score (nSPS) is 10.2. The van der Waals surface area contributed by atoms with Crippen molar-refractivity contribution in [2.24, 2.45) is 5.73 Å². The molecule has 2 aromatic carbocycles. The topological polar surface area (TPSA) is 55.1 Å². The second-order valence-electron chi connectivity index (χ2n) is 4.48. The molecule has 0 saturated carbocycles. The third-order valence-electron chi connectivity index (χ3n) is 2.91. The first kappa shape index (κ1) is 15.4. The molecule has 0 aromatic heterocycles. The highest BCUT2D eigenvalue weighted by Gasteiger charge is 2.10. The van der Waals surface area contributed by atoms with Gasteiger partial charge in [0.25, 0.3) is 5.91 Å². The number of carbonyl (C=O) groups excluding carboxylic acids is 1. The van der Waals surface area contributed by atoms with Crippen LogP contribution in [0.4, 0.5) is 10.1 Å². The van der Waals surface area contributed by atoms with Gasteiger partial charge in [-0.15, -0.1) is 0 Å². The summed E-state index contributed by atoms with van der Waals surface area (Å²) >= 11 is 10.7. The molecule has 0 aliphatic heterocycles. The molecular formula is C15H12ClFN2OS. The molecule has 2 rings (SSSR count). The summed E-state index contributed by atoms with van der Waals surface area (Å²) in [4.78, 5) is 12.1. The SMILES string of the molecule is Cc1cc(C(=O)Nc2ccc(F)c(C(N)=S)c2)ccc1Cl. The molecule has 0 aliphatic rings. The van der Waals surface area contributed by atoms with E-state index in [9.17, 15) is 9.18 Å². The Bertz CT molecular complexity index is 734. The Morgan fingerprint density at radius 1 is 1.29 bits per heavy atom. The van der Waals surface area contributed by atoms with E-state index in [-0.39, 0.29) is 16.5 Å². The summed E-state index contributed by atoms with van der Waals surface area (Å²) in [6.45, 7) is 1.81. The van der Waals surface area contributed by atoms with E-state index in [0.29, 0.717) is 16.3 Å². The Balaban J connectivity index is 2.25. The van der Waals surface area contributed by atoms with Crippen molar-refractivity contribution in [3.63, 3.8) is 0 Å². The summed E-state index contributed by atoms with van der Waals surface area (Å²) < 4.78 is 13.5. The Kier molecular flexibility index (Phi) is 4.55. The molecule has 0 spiro atoms. The first-order valence-electron chi connectivity index (χ1n) is 6.05. The lowest BCUT2D eigenvalue weighted by atomic mass is 10.1. The van der Waals surface area contributed by atoms with E-state index < -0.39 is 5.82 Å². The van der Waals surface area contributed by atoms with E-state index in [0.717, 1.165) is 5.56 Å². The average molecular weight is 323 g/mol. The lowest BCUT2D eigenvalue weighted by Crippen LogP contribution is -2.15. The van der Waals surface area contributed by atoms with Crippen LogP contribution in [0.25, 0.3) is 0 Å². The summed E-state index contributed by atoms with van der Waals surface area (Å²) in [7, 11) is 0. The third-order valence-corrected chi connectivity index (χ3v) is 3.55. The molecule has 3 nitrogen and oxygen atoms in total. The van der Waals surface area contributed by atoms with Crippen LogP contribution in [0.3, 0.4) is 0 Å². The van der Waals surface area contributed by atoms with Crippen molar-refractivity contribution in [2.75, 3.05) is 5.32 Å². The summed E-state index contributed by atoms with van der Waals surface area (Å²) in [5.74, 6) is -0.849. The average Bonchev–Trinajstić information content (AvgIpc) is 2.43. The number of benzene rings is 2. The molecule has 0 atom stereocenters. The van der Waals surface area contributed by atoms with Crippen molar-refractivity contribution in [3.8, 4) is 0 Å². The van der Waals surface area contributed by atoms with Gasteiger partial charge >= 0.3 is 0 Å². The van der Waals surface area contributed by atoms with Gasteiger partial charge in [0, 0.05) is 21.8 Å². The fourth-order valence-electron chi connectivity index (χ4n) is 1.78. The number of anilines is 1. The summed E-state index contributed by atoms with van der Waals surface area (Å²) in [5, 5.41) is 3.25. The number of carbonyl (C=O) groups is 1. The van der Waals surface area contributed by atoms with Crippen LogP contribution in [0.5, 0.6) is 0 Å². The van der Waals surface area contributed by atoms with Crippen LogP contribution >= 0.6 is 23.8 Å². The van der Waals surface area contributed by atoms with Gasteiger partial charge in [-0.3, -0.25) is 4.79 Å². The van der Waals surface area contributed by atoms with E-state index in [1.807, 2.05) is 6.92 Å². The molecule has 0 radical (unpaired) electrons. The van der Waals surface area contributed by atoms with Crippen LogP contribution in [-0.2, 0) is 0 Å². The van der Waals surface area contributed by atoms with Gasteiger partial charge in [0.15, 0.2) is 0 Å². The number of rotatable bonds is 3. The molecule has 0 saturated heterocycles. The van der Waals surface area contributed by atoms with E-state index in [2.05, 4.69) is 5.32 Å². The van der Waals surface area contributed by atoms with Gasteiger partial charge in [-0.05, 0) is 48.9 Å². The van der Waals surface area contributed by atoms with Gasteiger partial charge in [-0.2, -0.15) is 0 Å². The summed E-state index contributed by atoms with van der Waals surface area (Å²) in [6.07, 6.45) is 0. The van der Waals surface area contributed by atoms with Crippen LogP contribution < -0.4 is 11.1 Å². The number of halogens is 2. The number of nitrogens with two attached hydrogens (primary N) is 1. The lowest BCUT2D eigenvalue weighted by molar-refractivity contribution is 0.102. The number of hydrogen-bond acceptors (Lipinski definition) is 2. The van der Waals surface area contributed by atoms with Crippen molar-refractivity contribution in [1.82, 2.24) is 0 Å². The van der Waals surface area contributed by atoms with Crippen molar-refractivity contribution >= 4 is 40.4 Å². The minimum Gasteiger partial charge on any atom is -0.389 e. The smallest absolute Gasteiger partial charge is 0.255 e. The maximum atomic E-state index is 13.5. The molecule has 2 aromatic rings. The fourth-order valence-corrected chi connectivity index (χ4v) is 2.06. The number of thiocarbonyl (C=S) groups is 1. The predicted octanol–water partition coefficient (Wildman–Crippen LogP) is 3.67. The molecule has 21 heavy (non-hydrogen) atoms. The maximum Gasteiger partial charge on any atom is 0.255 e. The van der Waals surface area contributed by atoms with Crippen molar-refractivity contribution in [2.45, 2.75) is 6.92 Å². The monoisotopic (exact) mass is 322 g/mol. The van der Waals surface area contributed by atoms with E-state index in [1.165, 1.54) is 18.2 Å². The van der Waals surface area contributed by atoms with Crippen LogP contribution in [0, 0.1) is 12.7 Å². The Morgan fingerprint density at radius 3 is 2.62 bits per heavy atom. The van der Waals surface area contributed by atoms with Gasteiger partial charge in [0.1, 0.15) is 10.8 Å². The quantitative estimate of drug-likeness (QED) is 0.848. The number of amides is 1. The molecule has 6 heteroatoms. The number of aryl methyl sites for hydroxylation is 1. The first-order valence-corrected chi connectivity index (χ1v) is 6.84. The van der Waals surface area contributed by atoms with Gasteiger partial charge in [0.05, 0.1) is 0 Å². The van der Waals surface area contributed by atoms with Gasteiger partial charge in [-0.25, -0.2) is 4.39 Å². The van der Waals surface area contributed by atoms with Crippen molar-refractivity contribution in [3.05, 3.63) is 63.9 Å². The van der Waals surface area contributed by atoms with Gasteiger partial charge < -0.3 is 11.1 Å². The van der Waals surface area contributed by atoms with Crippen LogP contribution in [0.2, 0.25) is 5.02 Å². The Labute approximate surface area is 131 Å². The van der Waals surface area contributed by atoms with Gasteiger partial charge in [-0.1, -0.05) is 23.8 Å². The van der Waals surface area contributed by atoms with Crippen LogP contribution in [-0.4, -0.2) is 10.9 Å². The Morgan fingerprint density at radius 2 is 2.00 bits per heavy atom. The van der Waals surface area contributed by atoms with Gasteiger partial charge in [0.2, 0.25) is 0 Å². The minimum absolute atomic E-state index is 0.0639. The summed E-state index contributed by atoms with van der Waals surface area (Å²) in [6, 6.07) is 8.99. The highest BCUT2D eigenvalue weighted by Crippen LogP contribution is 2.19. The predicted molar refractivity (Wildman–Crippen MR) is 86.4 cm³/mol. The van der Waals surface area contributed by atoms with Crippen molar-refractivity contribution in [1.29, 1.82) is 0 Å².